The fraction of sp³-hybridized carbons (Fsp3) is 0.435. The first-order valence-electron chi connectivity index (χ1n) is 10.6. The van der Waals surface area contributed by atoms with E-state index in [0.717, 1.165) is 25.0 Å². The van der Waals surface area contributed by atoms with Crippen molar-refractivity contribution in [2.45, 2.75) is 44.6 Å². The molecule has 0 spiro atoms. The summed E-state index contributed by atoms with van der Waals surface area (Å²) in [7, 11) is 0. The molecule has 0 saturated heterocycles. The third kappa shape index (κ3) is 7.00. The minimum absolute atomic E-state index is 0.0226. The zero-order chi connectivity index (χ0) is 24.0. The van der Waals surface area contributed by atoms with Crippen LogP contribution in [0.4, 0.5) is 13.2 Å². The highest BCUT2D eigenvalue weighted by atomic mass is 19.4. The predicted octanol–water partition coefficient (Wildman–Crippen LogP) is 3.59. The second-order valence-electron chi connectivity index (χ2n) is 7.74. The molecule has 10 heteroatoms. The van der Waals surface area contributed by atoms with E-state index >= 15 is 0 Å². The summed E-state index contributed by atoms with van der Waals surface area (Å²) in [6, 6.07) is 5.93. The van der Waals surface area contributed by atoms with Gasteiger partial charge in [0.05, 0.1) is 23.3 Å². The van der Waals surface area contributed by atoms with Gasteiger partial charge in [-0.3, -0.25) is 9.59 Å². The van der Waals surface area contributed by atoms with Gasteiger partial charge in [-0.1, -0.05) is 12.6 Å². The summed E-state index contributed by atoms with van der Waals surface area (Å²) in [5, 5.41) is 5.56. The lowest BCUT2D eigenvalue weighted by molar-refractivity contribution is -0.137. The predicted molar refractivity (Wildman–Crippen MR) is 115 cm³/mol. The first kappa shape index (κ1) is 24.7. The van der Waals surface area contributed by atoms with Gasteiger partial charge in [-0.2, -0.15) is 13.2 Å². The Morgan fingerprint density at radius 3 is 2.58 bits per heavy atom. The van der Waals surface area contributed by atoms with Crippen molar-refractivity contribution in [1.82, 2.24) is 15.6 Å². The number of carbonyl (C=O) groups is 2. The number of rotatable bonds is 10. The molecule has 0 bridgehead atoms. The van der Waals surface area contributed by atoms with Crippen molar-refractivity contribution in [2.75, 3.05) is 19.8 Å². The van der Waals surface area contributed by atoms with Gasteiger partial charge in [-0.15, -0.1) is 0 Å². The quantitative estimate of drug-likeness (QED) is 0.560. The summed E-state index contributed by atoms with van der Waals surface area (Å²) >= 11 is 0. The topological polar surface area (TPSA) is 89.6 Å². The van der Waals surface area contributed by atoms with Crippen LogP contribution in [-0.2, 0) is 20.4 Å². The molecule has 0 radical (unpaired) electrons. The number of hydrogen-bond acceptors (Lipinski definition) is 5. The van der Waals surface area contributed by atoms with Gasteiger partial charge in [0.15, 0.2) is 0 Å². The average Bonchev–Trinajstić information content (AvgIpc) is 2.73. The van der Waals surface area contributed by atoms with Crippen LogP contribution in [-0.4, -0.2) is 48.8 Å². The number of carbonyl (C=O) groups excluding carboxylic acids is 2. The summed E-state index contributed by atoms with van der Waals surface area (Å²) in [5.41, 5.74) is 0.0146. The highest BCUT2D eigenvalue weighted by molar-refractivity contribution is 5.95. The molecule has 3 rings (SSSR count). The number of hydrogen-bond donors (Lipinski definition) is 2. The van der Waals surface area contributed by atoms with E-state index in [4.69, 9.17) is 9.47 Å². The molecule has 1 aliphatic rings. The molecule has 7 nitrogen and oxygen atoms in total. The number of nitrogens with one attached hydrogen (secondary N) is 2. The van der Waals surface area contributed by atoms with E-state index in [-0.39, 0.29) is 47.9 Å². The van der Waals surface area contributed by atoms with Gasteiger partial charge in [0, 0.05) is 30.7 Å². The Morgan fingerprint density at radius 2 is 1.88 bits per heavy atom. The molecule has 33 heavy (non-hydrogen) atoms. The van der Waals surface area contributed by atoms with Gasteiger partial charge in [0.1, 0.15) is 12.3 Å². The number of benzene rings is 1. The van der Waals surface area contributed by atoms with Crippen molar-refractivity contribution in [1.29, 1.82) is 0 Å². The van der Waals surface area contributed by atoms with Gasteiger partial charge in [0.25, 0.3) is 5.91 Å². The van der Waals surface area contributed by atoms with Gasteiger partial charge >= 0.3 is 6.18 Å². The van der Waals surface area contributed by atoms with Crippen molar-refractivity contribution in [3.63, 3.8) is 0 Å². The van der Waals surface area contributed by atoms with E-state index in [9.17, 15) is 22.8 Å². The molecule has 2 aromatic rings. The first-order valence-corrected chi connectivity index (χ1v) is 10.6. The Labute approximate surface area is 189 Å². The highest BCUT2D eigenvalue weighted by Gasteiger charge is 2.31. The van der Waals surface area contributed by atoms with Crippen LogP contribution in [0.2, 0.25) is 0 Å². The lowest BCUT2D eigenvalue weighted by Crippen LogP contribution is -2.40. The van der Waals surface area contributed by atoms with Crippen LogP contribution in [0.15, 0.2) is 42.6 Å². The maximum absolute atomic E-state index is 12.8. The van der Waals surface area contributed by atoms with Crippen LogP contribution in [0, 0.1) is 0 Å². The average molecular weight is 465 g/mol. The SMILES string of the molecule is C=C(CCNC(=O)c1ccc2cc(C(F)(F)F)ccc2n1)NC(=O)COC1CC(OCC)C1. The number of amides is 2. The molecule has 2 N–H and O–H groups in total. The number of halogens is 3. The van der Waals surface area contributed by atoms with Crippen LogP contribution < -0.4 is 10.6 Å². The number of ether oxygens (including phenoxy) is 2. The Hall–Kier alpha value is -2.98. The summed E-state index contributed by atoms with van der Waals surface area (Å²) in [6.45, 7) is 6.48. The maximum atomic E-state index is 12.8. The normalized spacial score (nSPS) is 17.9. The van der Waals surface area contributed by atoms with E-state index in [1.54, 1.807) is 0 Å². The van der Waals surface area contributed by atoms with Gasteiger partial charge in [-0.05, 0) is 44.0 Å². The smallest absolute Gasteiger partial charge is 0.378 e. The highest BCUT2D eigenvalue weighted by Crippen LogP contribution is 2.31. The molecule has 1 aromatic heterocycles. The van der Waals surface area contributed by atoms with Crippen LogP contribution >= 0.6 is 0 Å². The molecule has 1 heterocycles. The lowest BCUT2D eigenvalue weighted by atomic mass is 9.92. The molecule has 1 saturated carbocycles. The van der Waals surface area contributed by atoms with Crippen LogP contribution in [0.25, 0.3) is 10.9 Å². The van der Waals surface area contributed by atoms with Crippen LogP contribution in [0.5, 0.6) is 0 Å². The second kappa shape index (κ2) is 10.8. The van der Waals surface area contributed by atoms with Crippen molar-refractivity contribution in [3.8, 4) is 0 Å². The maximum Gasteiger partial charge on any atom is 0.416 e. The molecular weight excluding hydrogens is 439 g/mol. The number of alkyl halides is 3. The van der Waals surface area contributed by atoms with Crippen molar-refractivity contribution in [2.24, 2.45) is 0 Å². The first-order chi connectivity index (χ1) is 15.7. The van der Waals surface area contributed by atoms with Crippen LogP contribution in [0.3, 0.4) is 0 Å². The Balaban J connectivity index is 1.39. The zero-order valence-electron chi connectivity index (χ0n) is 18.2. The van der Waals surface area contributed by atoms with Crippen molar-refractivity contribution in [3.05, 3.63) is 53.9 Å². The molecule has 1 fully saturated rings. The van der Waals surface area contributed by atoms with E-state index in [1.165, 1.54) is 18.2 Å². The van der Waals surface area contributed by atoms with Gasteiger partial charge in [0.2, 0.25) is 5.91 Å². The fourth-order valence-corrected chi connectivity index (χ4v) is 3.36. The van der Waals surface area contributed by atoms with E-state index < -0.39 is 17.6 Å². The molecule has 0 atom stereocenters. The third-order valence-corrected chi connectivity index (χ3v) is 5.18. The Kier molecular flexibility index (Phi) is 8.04. The molecule has 1 aromatic carbocycles. The van der Waals surface area contributed by atoms with Crippen molar-refractivity contribution >= 4 is 22.7 Å². The summed E-state index contributed by atoms with van der Waals surface area (Å²) in [4.78, 5) is 28.4. The molecule has 2 amide bonds. The molecule has 1 aliphatic carbocycles. The molecule has 0 unspecified atom stereocenters. The lowest BCUT2D eigenvalue weighted by Gasteiger charge is -2.34. The summed E-state index contributed by atoms with van der Waals surface area (Å²) in [6.07, 6.45) is -2.36. The van der Waals surface area contributed by atoms with E-state index in [1.807, 2.05) is 6.92 Å². The van der Waals surface area contributed by atoms with E-state index in [2.05, 4.69) is 22.2 Å². The minimum atomic E-state index is -4.45. The third-order valence-electron chi connectivity index (χ3n) is 5.18. The number of nitrogens with zero attached hydrogens (tertiary/aromatic N) is 1. The monoisotopic (exact) mass is 465 g/mol. The van der Waals surface area contributed by atoms with E-state index in [0.29, 0.717) is 18.7 Å². The number of pyridine rings is 1. The largest absolute Gasteiger partial charge is 0.416 e. The molecule has 0 aliphatic heterocycles. The Morgan fingerprint density at radius 1 is 1.15 bits per heavy atom. The summed E-state index contributed by atoms with van der Waals surface area (Å²) in [5.74, 6) is -0.797. The standard InChI is InChI=1S/C23H26F3N3O4/c1-3-32-17-11-18(12-17)33-13-21(30)28-14(2)8-9-27-22(31)20-6-4-15-10-16(23(24,25)26)5-7-19(15)29-20/h4-7,10,17-18H,2-3,8-9,11-13H2,1H3,(H,27,31)(H,28,30). The number of fused-ring (bicyclic) bond motifs is 1. The number of aromatic nitrogens is 1. The summed E-state index contributed by atoms with van der Waals surface area (Å²) < 4.78 is 49.4. The zero-order valence-corrected chi connectivity index (χ0v) is 18.2. The van der Waals surface area contributed by atoms with Crippen LogP contribution in [0.1, 0.15) is 42.2 Å². The fourth-order valence-electron chi connectivity index (χ4n) is 3.36. The van der Waals surface area contributed by atoms with Crippen molar-refractivity contribution < 1.29 is 32.2 Å². The van der Waals surface area contributed by atoms with Gasteiger partial charge in [-0.25, -0.2) is 4.98 Å². The Bertz CT molecular complexity index is 1020. The molecule has 178 valence electrons. The second-order valence-corrected chi connectivity index (χ2v) is 7.74. The molecular formula is C23H26F3N3O4. The van der Waals surface area contributed by atoms with Gasteiger partial charge < -0.3 is 20.1 Å². The minimum Gasteiger partial charge on any atom is -0.378 e.